The fourth-order valence-corrected chi connectivity index (χ4v) is 4.44. The normalized spacial score (nSPS) is 13.5. The molecule has 0 saturated heterocycles. The molecule has 0 radical (unpaired) electrons. The highest BCUT2D eigenvalue weighted by atomic mass is 19.1. The van der Waals surface area contributed by atoms with Crippen molar-refractivity contribution in [2.75, 3.05) is 25.1 Å². The summed E-state index contributed by atoms with van der Waals surface area (Å²) in [6, 6.07) is 4.79. The van der Waals surface area contributed by atoms with Crippen LogP contribution in [-0.2, 0) is 17.4 Å². The predicted octanol–water partition coefficient (Wildman–Crippen LogP) is 5.66. The van der Waals surface area contributed by atoms with Gasteiger partial charge in [0.05, 0.1) is 18.8 Å². The van der Waals surface area contributed by atoms with Gasteiger partial charge in [-0.2, -0.15) is 0 Å². The van der Waals surface area contributed by atoms with Crippen molar-refractivity contribution in [1.82, 2.24) is 4.90 Å². The second-order valence-corrected chi connectivity index (χ2v) is 11.4. The smallest absolute Gasteiger partial charge is 0.411 e. The third-order valence-corrected chi connectivity index (χ3v) is 6.54. The van der Waals surface area contributed by atoms with Gasteiger partial charge in [-0.15, -0.1) is 0 Å². The quantitative estimate of drug-likeness (QED) is 0.429. The Labute approximate surface area is 217 Å². The van der Waals surface area contributed by atoms with Gasteiger partial charge in [0.25, 0.3) is 0 Å². The van der Waals surface area contributed by atoms with Crippen molar-refractivity contribution < 1.29 is 28.9 Å². The molecule has 1 amide bonds. The first-order chi connectivity index (χ1) is 17.0. The lowest BCUT2D eigenvalue weighted by atomic mass is 9.78. The zero-order valence-corrected chi connectivity index (χ0v) is 22.7. The van der Waals surface area contributed by atoms with Crippen molar-refractivity contribution >= 4 is 23.4 Å². The van der Waals surface area contributed by atoms with Gasteiger partial charge >= 0.3 is 6.09 Å². The van der Waals surface area contributed by atoms with Crippen LogP contribution in [-0.4, -0.2) is 53.0 Å². The number of amides is 1. The molecule has 0 spiro atoms. The van der Waals surface area contributed by atoms with Gasteiger partial charge in [0, 0.05) is 41.4 Å². The van der Waals surface area contributed by atoms with Crippen molar-refractivity contribution in [1.29, 1.82) is 5.41 Å². The van der Waals surface area contributed by atoms with Gasteiger partial charge in [-0.3, -0.25) is 15.1 Å². The van der Waals surface area contributed by atoms with Gasteiger partial charge < -0.3 is 19.8 Å². The Balaban J connectivity index is 2.01. The average molecular weight is 514 g/mol. The molecule has 0 atom stereocenters. The van der Waals surface area contributed by atoms with Gasteiger partial charge in [0.2, 0.25) is 0 Å². The summed E-state index contributed by atoms with van der Waals surface area (Å²) in [4.78, 5) is 27.3. The lowest BCUT2D eigenvalue weighted by molar-refractivity contribution is 0.0962. The molecule has 3 rings (SSSR count). The fourth-order valence-electron chi connectivity index (χ4n) is 4.44. The van der Waals surface area contributed by atoms with Crippen LogP contribution in [0.3, 0.4) is 0 Å². The van der Waals surface area contributed by atoms with E-state index >= 15 is 4.39 Å². The lowest BCUT2D eigenvalue weighted by Crippen LogP contribution is -2.31. The minimum atomic E-state index is -1.30. The Morgan fingerprint density at radius 1 is 1.11 bits per heavy atom. The van der Waals surface area contributed by atoms with E-state index in [-0.39, 0.29) is 59.6 Å². The number of phenolic OH excluding ortho intramolecular Hbond substituents is 1. The van der Waals surface area contributed by atoms with E-state index in [1.54, 1.807) is 19.1 Å². The molecule has 0 bridgehead atoms. The SMILES string of the molecule is CCOc1c(N(C)C(=O)O)cc2c(c1F)CN(CC(=O)c1cc(C(C)(C)C)c(O)c(C(C)(C)C)c1)C2=N. The minimum absolute atomic E-state index is 0.00769. The Morgan fingerprint density at radius 3 is 2.11 bits per heavy atom. The van der Waals surface area contributed by atoms with Crippen LogP contribution in [0.5, 0.6) is 11.5 Å². The van der Waals surface area contributed by atoms with Crippen LogP contribution in [0.4, 0.5) is 14.9 Å². The first-order valence-electron chi connectivity index (χ1n) is 12.2. The Bertz CT molecular complexity index is 1240. The van der Waals surface area contributed by atoms with Crippen molar-refractivity contribution in [3.8, 4) is 11.5 Å². The van der Waals surface area contributed by atoms with Gasteiger partial charge in [0.15, 0.2) is 17.3 Å². The number of hydrogen-bond donors (Lipinski definition) is 3. The average Bonchev–Trinajstić information content (AvgIpc) is 3.09. The number of nitrogens with one attached hydrogen (secondary N) is 1. The minimum Gasteiger partial charge on any atom is -0.507 e. The molecular weight excluding hydrogens is 477 g/mol. The highest BCUT2D eigenvalue weighted by Crippen LogP contribution is 2.41. The summed E-state index contributed by atoms with van der Waals surface area (Å²) in [5.41, 5.74) is 1.26. The van der Waals surface area contributed by atoms with E-state index < -0.39 is 22.7 Å². The summed E-state index contributed by atoms with van der Waals surface area (Å²) in [7, 11) is 1.27. The molecule has 200 valence electrons. The number of anilines is 1. The first kappa shape index (κ1) is 28.0. The van der Waals surface area contributed by atoms with E-state index in [2.05, 4.69) is 0 Å². The number of fused-ring (bicyclic) bond motifs is 1. The molecule has 3 N–H and O–H groups in total. The van der Waals surface area contributed by atoms with E-state index in [0.29, 0.717) is 16.7 Å². The highest BCUT2D eigenvalue weighted by Gasteiger charge is 2.34. The molecule has 1 aliphatic rings. The zero-order chi connectivity index (χ0) is 28.0. The van der Waals surface area contributed by atoms with E-state index in [1.807, 2.05) is 41.5 Å². The number of rotatable bonds is 6. The fraction of sp³-hybridized carbons (Fsp3) is 0.464. The van der Waals surface area contributed by atoms with Gasteiger partial charge in [0.1, 0.15) is 11.6 Å². The van der Waals surface area contributed by atoms with Gasteiger partial charge in [-0.1, -0.05) is 41.5 Å². The topological polar surface area (TPSA) is 114 Å². The summed E-state index contributed by atoms with van der Waals surface area (Å²) in [6.07, 6.45) is -1.30. The van der Waals surface area contributed by atoms with E-state index in [1.165, 1.54) is 18.0 Å². The number of carboxylic acid groups (broad SMARTS) is 1. The van der Waals surface area contributed by atoms with Crippen LogP contribution in [0.15, 0.2) is 18.2 Å². The van der Waals surface area contributed by atoms with Crippen LogP contribution >= 0.6 is 0 Å². The third kappa shape index (κ3) is 5.26. The summed E-state index contributed by atoms with van der Waals surface area (Å²) in [5.74, 6) is -1.12. The number of halogens is 1. The van der Waals surface area contributed by atoms with Crippen LogP contribution in [0.2, 0.25) is 0 Å². The number of hydrogen-bond acceptors (Lipinski definition) is 5. The number of carbonyl (C=O) groups excluding carboxylic acids is 1. The number of amidine groups is 1. The summed E-state index contributed by atoms with van der Waals surface area (Å²) in [6.45, 7) is 13.3. The maximum absolute atomic E-state index is 15.5. The standard InChI is InChI=1S/C28H36FN3O5/c1-9-37-24-20(31(8)26(35)36)12-16-17(22(24)29)13-32(25(16)30)14-21(33)15-10-18(27(2,3)4)23(34)19(11-15)28(5,6)7/h10-12,30,34H,9,13-14H2,1-8H3,(H,35,36). The molecular formula is C28H36FN3O5. The lowest BCUT2D eigenvalue weighted by Gasteiger charge is -2.28. The molecule has 0 fully saturated rings. The third-order valence-electron chi connectivity index (χ3n) is 6.54. The molecule has 1 aliphatic heterocycles. The van der Waals surface area contributed by atoms with E-state index in [9.17, 15) is 19.8 Å². The molecule has 8 nitrogen and oxygen atoms in total. The number of ketones is 1. The van der Waals surface area contributed by atoms with E-state index in [4.69, 9.17) is 10.1 Å². The van der Waals surface area contributed by atoms with Crippen molar-refractivity contribution in [2.24, 2.45) is 0 Å². The van der Waals surface area contributed by atoms with Crippen molar-refractivity contribution in [3.63, 3.8) is 0 Å². The Kier molecular flexibility index (Phi) is 7.32. The van der Waals surface area contributed by atoms with Gasteiger partial charge in [-0.25, -0.2) is 9.18 Å². The second-order valence-electron chi connectivity index (χ2n) is 11.4. The molecule has 2 aromatic rings. The van der Waals surface area contributed by atoms with Crippen LogP contribution in [0.25, 0.3) is 0 Å². The molecule has 9 heteroatoms. The Hall–Kier alpha value is -3.62. The predicted molar refractivity (Wildman–Crippen MR) is 141 cm³/mol. The van der Waals surface area contributed by atoms with Crippen molar-refractivity contribution in [3.05, 3.63) is 51.8 Å². The highest BCUT2D eigenvalue weighted by molar-refractivity contribution is 6.06. The van der Waals surface area contributed by atoms with Crippen LogP contribution < -0.4 is 9.64 Å². The van der Waals surface area contributed by atoms with Crippen LogP contribution in [0, 0.1) is 11.2 Å². The number of ether oxygens (including phenoxy) is 1. The van der Waals surface area contributed by atoms with Crippen molar-refractivity contribution in [2.45, 2.75) is 65.8 Å². The number of aromatic hydroxyl groups is 1. The summed E-state index contributed by atoms with van der Waals surface area (Å²) >= 11 is 0. The summed E-state index contributed by atoms with van der Waals surface area (Å²) < 4.78 is 20.9. The second kappa shape index (κ2) is 9.68. The molecule has 2 aromatic carbocycles. The van der Waals surface area contributed by atoms with Crippen LogP contribution in [0.1, 0.15) is 81.1 Å². The Morgan fingerprint density at radius 2 is 1.65 bits per heavy atom. The zero-order valence-electron chi connectivity index (χ0n) is 22.7. The molecule has 0 saturated carbocycles. The van der Waals surface area contributed by atoms with Gasteiger partial charge in [-0.05, 0) is 36.0 Å². The number of benzene rings is 2. The molecule has 0 aromatic heterocycles. The number of phenols is 1. The number of nitrogens with zero attached hydrogens (tertiary/aromatic N) is 2. The number of Topliss-reactive ketones (excluding diaryl/α,β-unsaturated/α-hetero) is 1. The summed E-state index contributed by atoms with van der Waals surface area (Å²) in [5, 5.41) is 29.0. The monoisotopic (exact) mass is 513 g/mol. The maximum Gasteiger partial charge on any atom is 0.411 e. The molecule has 0 unspecified atom stereocenters. The molecule has 0 aliphatic carbocycles. The maximum atomic E-state index is 15.5. The van der Waals surface area contributed by atoms with E-state index in [0.717, 1.165) is 4.90 Å². The molecule has 1 heterocycles. The molecule has 37 heavy (non-hydrogen) atoms. The largest absolute Gasteiger partial charge is 0.507 e. The first-order valence-corrected chi connectivity index (χ1v) is 12.2. The number of carbonyl (C=O) groups is 2.